The van der Waals surface area contributed by atoms with E-state index in [1.807, 2.05) is 0 Å². The maximum Gasteiger partial charge on any atom is 0.220 e. The molecule has 1 aromatic carbocycles. The molecule has 1 aromatic rings. The van der Waals surface area contributed by atoms with Crippen LogP contribution in [0.2, 0.25) is 0 Å². The zero-order chi connectivity index (χ0) is 17.9. The molecule has 1 atom stereocenters. The third kappa shape index (κ3) is 7.14. The summed E-state index contributed by atoms with van der Waals surface area (Å²) in [5.74, 6) is 0.103. The first-order valence-electron chi connectivity index (χ1n) is 9.34. The van der Waals surface area contributed by atoms with Gasteiger partial charge in [-0.1, -0.05) is 29.8 Å². The fraction of sp³-hybridized carbons (Fsp3) is 0.650. The molecular weight excluding hydrogens is 316 g/mol. The lowest BCUT2D eigenvalue weighted by atomic mass is 10.0. The third-order valence-electron chi connectivity index (χ3n) is 4.66. The van der Waals surface area contributed by atoms with Crippen molar-refractivity contribution in [3.05, 3.63) is 35.4 Å². The van der Waals surface area contributed by atoms with Gasteiger partial charge in [0.1, 0.15) is 0 Å². The van der Waals surface area contributed by atoms with Gasteiger partial charge in [0.15, 0.2) is 0 Å². The number of carbonyl (C=O) groups is 1. The van der Waals surface area contributed by atoms with Crippen molar-refractivity contribution in [2.75, 3.05) is 46.6 Å². The van der Waals surface area contributed by atoms with Gasteiger partial charge >= 0.3 is 0 Å². The van der Waals surface area contributed by atoms with Gasteiger partial charge in [-0.05, 0) is 44.8 Å². The molecule has 0 spiro atoms. The van der Waals surface area contributed by atoms with E-state index in [-0.39, 0.29) is 11.9 Å². The Kier molecular flexibility index (Phi) is 8.94. The monoisotopic (exact) mass is 348 g/mol. The Labute approximate surface area is 151 Å². The Morgan fingerprint density at radius 3 is 2.56 bits per heavy atom. The van der Waals surface area contributed by atoms with Crippen molar-refractivity contribution < 1.29 is 14.3 Å². The summed E-state index contributed by atoms with van der Waals surface area (Å²) < 4.78 is 10.3. The molecule has 1 aliphatic heterocycles. The van der Waals surface area contributed by atoms with E-state index in [4.69, 9.17) is 9.47 Å². The van der Waals surface area contributed by atoms with Crippen LogP contribution in [0.1, 0.15) is 42.9 Å². The van der Waals surface area contributed by atoms with Crippen LogP contribution in [0.4, 0.5) is 0 Å². The lowest BCUT2D eigenvalue weighted by Crippen LogP contribution is -2.36. The molecule has 0 saturated carbocycles. The van der Waals surface area contributed by atoms with E-state index >= 15 is 0 Å². The second-order valence-electron chi connectivity index (χ2n) is 6.68. The smallest absolute Gasteiger partial charge is 0.220 e. The first-order valence-corrected chi connectivity index (χ1v) is 9.34. The summed E-state index contributed by atoms with van der Waals surface area (Å²) in [5.41, 5.74) is 2.55. The number of benzene rings is 1. The molecule has 5 nitrogen and oxygen atoms in total. The Morgan fingerprint density at radius 1 is 1.16 bits per heavy atom. The highest BCUT2D eigenvalue weighted by Crippen LogP contribution is 2.24. The molecule has 1 saturated heterocycles. The Balaban J connectivity index is 1.77. The summed E-state index contributed by atoms with van der Waals surface area (Å²) in [6, 6.07) is 8.95. The summed E-state index contributed by atoms with van der Waals surface area (Å²) in [6.07, 6.45) is 3.74. The van der Waals surface area contributed by atoms with Crippen molar-refractivity contribution in [2.24, 2.45) is 0 Å². The number of amides is 1. The average Bonchev–Trinajstić information content (AvgIpc) is 3.14. The van der Waals surface area contributed by atoms with Crippen LogP contribution in [0, 0.1) is 6.92 Å². The number of rotatable bonds is 11. The van der Waals surface area contributed by atoms with E-state index in [9.17, 15) is 4.79 Å². The Morgan fingerprint density at radius 2 is 1.88 bits per heavy atom. The minimum atomic E-state index is 0.103. The first-order chi connectivity index (χ1) is 12.2. The maximum absolute atomic E-state index is 12.1. The van der Waals surface area contributed by atoms with Gasteiger partial charge in [-0.3, -0.25) is 9.69 Å². The quantitative estimate of drug-likeness (QED) is 0.625. The minimum Gasteiger partial charge on any atom is -0.382 e. The maximum atomic E-state index is 12.1. The number of aryl methyl sites for hydroxylation is 1. The summed E-state index contributed by atoms with van der Waals surface area (Å²) in [6.45, 7) is 6.79. The molecule has 1 amide bonds. The lowest BCUT2D eigenvalue weighted by molar-refractivity contribution is -0.121. The number of likely N-dealkylation sites (tertiary alicyclic amines) is 1. The first kappa shape index (κ1) is 19.9. The highest BCUT2D eigenvalue weighted by molar-refractivity contribution is 5.75. The van der Waals surface area contributed by atoms with Gasteiger partial charge in [-0.25, -0.2) is 0 Å². The predicted octanol–water partition coefficient (Wildman–Crippen LogP) is 2.69. The van der Waals surface area contributed by atoms with Crippen molar-refractivity contribution in [3.8, 4) is 0 Å². The molecule has 0 bridgehead atoms. The molecule has 0 aliphatic carbocycles. The molecule has 1 N–H and O–H groups in total. The second-order valence-corrected chi connectivity index (χ2v) is 6.68. The SMILES string of the molecule is COCCOCCCC(=O)NCC(c1ccc(C)cc1)N1CCCC1. The Hall–Kier alpha value is -1.43. The lowest BCUT2D eigenvalue weighted by Gasteiger charge is -2.28. The molecule has 0 radical (unpaired) electrons. The van der Waals surface area contributed by atoms with Crippen LogP contribution in [0.25, 0.3) is 0 Å². The summed E-state index contributed by atoms with van der Waals surface area (Å²) in [7, 11) is 1.65. The van der Waals surface area contributed by atoms with Crippen molar-refractivity contribution >= 4 is 5.91 Å². The third-order valence-corrected chi connectivity index (χ3v) is 4.66. The highest BCUT2D eigenvalue weighted by atomic mass is 16.5. The topological polar surface area (TPSA) is 50.8 Å². The zero-order valence-electron chi connectivity index (χ0n) is 15.6. The van der Waals surface area contributed by atoms with Crippen molar-refractivity contribution in [2.45, 2.75) is 38.6 Å². The van der Waals surface area contributed by atoms with Crippen LogP contribution in [0.15, 0.2) is 24.3 Å². The molecule has 1 unspecified atom stereocenters. The van der Waals surface area contributed by atoms with Crippen LogP contribution >= 0.6 is 0 Å². The molecule has 25 heavy (non-hydrogen) atoms. The molecular formula is C20H32N2O3. The van der Waals surface area contributed by atoms with E-state index < -0.39 is 0 Å². The number of ether oxygens (including phenoxy) is 2. The van der Waals surface area contributed by atoms with E-state index in [0.717, 1.165) is 19.5 Å². The molecule has 2 rings (SSSR count). The number of nitrogens with one attached hydrogen (secondary N) is 1. The van der Waals surface area contributed by atoms with Gasteiger partial charge in [0, 0.05) is 26.7 Å². The fourth-order valence-electron chi connectivity index (χ4n) is 3.18. The van der Waals surface area contributed by atoms with E-state index in [1.54, 1.807) is 7.11 Å². The van der Waals surface area contributed by atoms with Gasteiger partial charge in [0.2, 0.25) is 5.91 Å². The summed E-state index contributed by atoms with van der Waals surface area (Å²) in [4.78, 5) is 14.6. The zero-order valence-corrected chi connectivity index (χ0v) is 15.6. The number of hydrogen-bond donors (Lipinski definition) is 1. The molecule has 1 heterocycles. The van der Waals surface area contributed by atoms with Crippen LogP contribution in [0.5, 0.6) is 0 Å². The molecule has 1 aliphatic rings. The highest BCUT2D eigenvalue weighted by Gasteiger charge is 2.23. The molecule has 5 heteroatoms. The average molecular weight is 348 g/mol. The molecule has 0 aromatic heterocycles. The van der Waals surface area contributed by atoms with Gasteiger partial charge < -0.3 is 14.8 Å². The van der Waals surface area contributed by atoms with Gasteiger partial charge in [-0.2, -0.15) is 0 Å². The number of methoxy groups -OCH3 is 1. The van der Waals surface area contributed by atoms with Crippen molar-refractivity contribution in [1.29, 1.82) is 0 Å². The number of nitrogens with zero attached hydrogens (tertiary/aromatic N) is 1. The van der Waals surface area contributed by atoms with E-state index in [2.05, 4.69) is 41.4 Å². The largest absolute Gasteiger partial charge is 0.382 e. The molecule has 1 fully saturated rings. The van der Waals surface area contributed by atoms with E-state index in [1.165, 1.54) is 24.0 Å². The van der Waals surface area contributed by atoms with Crippen LogP contribution in [-0.4, -0.2) is 57.4 Å². The number of hydrogen-bond acceptors (Lipinski definition) is 4. The van der Waals surface area contributed by atoms with Crippen molar-refractivity contribution in [1.82, 2.24) is 10.2 Å². The van der Waals surface area contributed by atoms with Crippen LogP contribution in [-0.2, 0) is 14.3 Å². The second kappa shape index (κ2) is 11.2. The standard InChI is InChI=1S/C20H32N2O3/c1-17-7-9-18(10-8-17)19(22-11-3-4-12-22)16-21-20(23)6-5-13-25-15-14-24-2/h7-10,19H,3-6,11-16H2,1-2H3,(H,21,23). The van der Waals surface area contributed by atoms with E-state index in [0.29, 0.717) is 32.8 Å². The minimum absolute atomic E-state index is 0.103. The Bertz CT molecular complexity index is 498. The van der Waals surface area contributed by atoms with Gasteiger partial charge in [-0.15, -0.1) is 0 Å². The van der Waals surface area contributed by atoms with Crippen molar-refractivity contribution in [3.63, 3.8) is 0 Å². The van der Waals surface area contributed by atoms with Gasteiger partial charge in [0.25, 0.3) is 0 Å². The fourth-order valence-corrected chi connectivity index (χ4v) is 3.18. The predicted molar refractivity (Wildman–Crippen MR) is 99.7 cm³/mol. The summed E-state index contributed by atoms with van der Waals surface area (Å²) >= 11 is 0. The van der Waals surface area contributed by atoms with Crippen LogP contribution < -0.4 is 5.32 Å². The van der Waals surface area contributed by atoms with Gasteiger partial charge in [0.05, 0.1) is 19.3 Å². The normalized spacial score (nSPS) is 16.1. The molecule has 140 valence electrons. The van der Waals surface area contributed by atoms with Crippen LogP contribution in [0.3, 0.4) is 0 Å². The number of carbonyl (C=O) groups excluding carboxylic acids is 1. The summed E-state index contributed by atoms with van der Waals surface area (Å²) in [5, 5.41) is 3.11.